The number of aliphatic imine (C=N–C) groups is 1. The van der Waals surface area contributed by atoms with Crippen molar-refractivity contribution in [2.24, 2.45) is 16.5 Å². The van der Waals surface area contributed by atoms with Gasteiger partial charge in [-0.25, -0.2) is 4.99 Å². The first kappa shape index (κ1) is 20.0. The number of allylic oxidation sites excluding steroid dienone is 3. The molecule has 0 fully saturated rings. The smallest absolute Gasteiger partial charge is 0.303 e. The average molecular weight is 368 g/mol. The minimum atomic E-state index is -0.835. The van der Waals surface area contributed by atoms with Crippen LogP contribution in [0.1, 0.15) is 36.8 Å². The van der Waals surface area contributed by atoms with Gasteiger partial charge < -0.3 is 21.9 Å². The SMILES string of the molecule is CC(CC(=O)O)c1cccc(CNC(=O)C2=CCC=CC(N=C(N)N)=C2)c1. The summed E-state index contributed by atoms with van der Waals surface area (Å²) in [7, 11) is 0. The van der Waals surface area contributed by atoms with Crippen LogP contribution in [0.4, 0.5) is 0 Å². The molecule has 1 atom stereocenters. The predicted molar refractivity (Wildman–Crippen MR) is 105 cm³/mol. The largest absolute Gasteiger partial charge is 0.481 e. The molecular formula is C20H24N4O3. The molecule has 1 aromatic carbocycles. The van der Waals surface area contributed by atoms with E-state index in [2.05, 4.69) is 10.3 Å². The van der Waals surface area contributed by atoms with Crippen LogP contribution in [0.2, 0.25) is 0 Å². The van der Waals surface area contributed by atoms with Crippen LogP contribution in [0.3, 0.4) is 0 Å². The van der Waals surface area contributed by atoms with E-state index in [1.807, 2.05) is 37.3 Å². The molecule has 142 valence electrons. The standard InChI is InChI=1S/C20H24N4O3/c1-13(9-18(25)26)15-7-4-5-14(10-15)12-23-19(27)16-6-2-3-8-17(11-16)24-20(21)22/h3-8,10-11,13H,2,9,12H2,1H3,(H,23,27)(H,25,26)(H4,21,22,24). The maximum absolute atomic E-state index is 12.5. The molecule has 7 heteroatoms. The van der Waals surface area contributed by atoms with Crippen molar-refractivity contribution in [2.75, 3.05) is 0 Å². The predicted octanol–water partition coefficient (Wildman–Crippen LogP) is 1.92. The lowest BCUT2D eigenvalue weighted by molar-refractivity contribution is -0.137. The van der Waals surface area contributed by atoms with Crippen LogP contribution in [0.5, 0.6) is 0 Å². The lowest BCUT2D eigenvalue weighted by Crippen LogP contribution is -2.24. The number of nitrogens with zero attached hydrogens (tertiary/aromatic N) is 1. The zero-order valence-corrected chi connectivity index (χ0v) is 15.2. The maximum atomic E-state index is 12.5. The van der Waals surface area contributed by atoms with Crippen molar-refractivity contribution >= 4 is 17.8 Å². The highest BCUT2D eigenvalue weighted by atomic mass is 16.4. The zero-order chi connectivity index (χ0) is 19.8. The molecule has 1 aliphatic carbocycles. The number of carboxylic acids is 1. The molecule has 0 saturated heterocycles. The van der Waals surface area contributed by atoms with E-state index in [-0.39, 0.29) is 24.2 Å². The second-order valence-corrected chi connectivity index (χ2v) is 6.33. The number of aliphatic carboxylic acids is 1. The number of carbonyl (C=O) groups is 2. The number of nitrogens with two attached hydrogens (primary N) is 2. The van der Waals surface area contributed by atoms with Crippen molar-refractivity contribution < 1.29 is 14.7 Å². The second kappa shape index (κ2) is 9.38. The molecule has 27 heavy (non-hydrogen) atoms. The Morgan fingerprint density at radius 3 is 2.81 bits per heavy atom. The summed E-state index contributed by atoms with van der Waals surface area (Å²) in [5, 5.41) is 11.8. The molecule has 0 heterocycles. The molecule has 0 aromatic heterocycles. The minimum absolute atomic E-state index is 0.0636. The van der Waals surface area contributed by atoms with Gasteiger partial charge in [-0.2, -0.15) is 0 Å². The van der Waals surface area contributed by atoms with E-state index in [4.69, 9.17) is 16.6 Å². The number of carbonyl (C=O) groups excluding carboxylic acids is 1. The van der Waals surface area contributed by atoms with Gasteiger partial charge >= 0.3 is 5.97 Å². The Hall–Kier alpha value is -3.35. The third-order valence-corrected chi connectivity index (χ3v) is 4.04. The molecule has 1 amide bonds. The van der Waals surface area contributed by atoms with E-state index >= 15 is 0 Å². The van der Waals surface area contributed by atoms with Crippen molar-refractivity contribution in [3.63, 3.8) is 0 Å². The highest BCUT2D eigenvalue weighted by molar-refractivity contribution is 5.96. The topological polar surface area (TPSA) is 131 Å². The molecule has 1 aromatic rings. The number of carboxylic acid groups (broad SMARTS) is 1. The number of benzene rings is 1. The molecule has 0 radical (unpaired) electrons. The monoisotopic (exact) mass is 368 g/mol. The Labute approximate surface area is 158 Å². The van der Waals surface area contributed by atoms with Gasteiger partial charge in [0.05, 0.1) is 12.1 Å². The van der Waals surface area contributed by atoms with Gasteiger partial charge in [0.15, 0.2) is 5.96 Å². The molecule has 0 bridgehead atoms. The number of amides is 1. The molecule has 2 rings (SSSR count). The maximum Gasteiger partial charge on any atom is 0.303 e. The summed E-state index contributed by atoms with van der Waals surface area (Å²) in [4.78, 5) is 27.3. The van der Waals surface area contributed by atoms with Gasteiger partial charge in [0.25, 0.3) is 5.91 Å². The Bertz CT molecular complexity index is 833. The first-order chi connectivity index (χ1) is 12.8. The van der Waals surface area contributed by atoms with Crippen LogP contribution in [0.25, 0.3) is 0 Å². The molecule has 6 N–H and O–H groups in total. The van der Waals surface area contributed by atoms with E-state index in [0.29, 0.717) is 24.2 Å². The van der Waals surface area contributed by atoms with Crippen molar-refractivity contribution in [3.05, 3.63) is 71.0 Å². The van der Waals surface area contributed by atoms with Crippen LogP contribution in [0.15, 0.2) is 64.8 Å². The van der Waals surface area contributed by atoms with Crippen molar-refractivity contribution in [2.45, 2.75) is 32.2 Å². The summed E-state index contributed by atoms with van der Waals surface area (Å²) in [5.74, 6) is -1.23. The Balaban J connectivity index is 2.04. The second-order valence-electron chi connectivity index (χ2n) is 6.33. The Morgan fingerprint density at radius 1 is 1.33 bits per heavy atom. The van der Waals surface area contributed by atoms with Crippen LogP contribution >= 0.6 is 0 Å². The van der Waals surface area contributed by atoms with E-state index in [1.54, 1.807) is 18.2 Å². The molecule has 7 nitrogen and oxygen atoms in total. The Kier molecular flexibility index (Phi) is 6.93. The summed E-state index contributed by atoms with van der Waals surface area (Å²) in [5.41, 5.74) is 13.6. The number of hydrogen-bond acceptors (Lipinski definition) is 3. The van der Waals surface area contributed by atoms with E-state index in [9.17, 15) is 9.59 Å². The van der Waals surface area contributed by atoms with Crippen LogP contribution in [-0.2, 0) is 16.1 Å². The number of nitrogens with one attached hydrogen (secondary N) is 1. The fourth-order valence-corrected chi connectivity index (χ4v) is 2.70. The number of guanidine groups is 1. The van der Waals surface area contributed by atoms with Gasteiger partial charge in [-0.05, 0) is 35.6 Å². The zero-order valence-electron chi connectivity index (χ0n) is 15.2. The third-order valence-electron chi connectivity index (χ3n) is 4.04. The minimum Gasteiger partial charge on any atom is -0.481 e. The summed E-state index contributed by atoms with van der Waals surface area (Å²) in [6.45, 7) is 2.20. The van der Waals surface area contributed by atoms with Gasteiger partial charge in [-0.1, -0.05) is 43.3 Å². The van der Waals surface area contributed by atoms with Crippen molar-refractivity contribution in [1.29, 1.82) is 0 Å². The quantitative estimate of drug-likeness (QED) is 0.431. The Morgan fingerprint density at radius 2 is 2.11 bits per heavy atom. The van der Waals surface area contributed by atoms with Crippen LogP contribution in [0, 0.1) is 0 Å². The first-order valence-corrected chi connectivity index (χ1v) is 8.62. The van der Waals surface area contributed by atoms with Gasteiger partial charge in [-0.15, -0.1) is 0 Å². The highest BCUT2D eigenvalue weighted by Crippen LogP contribution is 2.20. The molecule has 0 aliphatic heterocycles. The summed E-state index contributed by atoms with van der Waals surface area (Å²) < 4.78 is 0. The average Bonchev–Trinajstić information content (AvgIpc) is 2.84. The van der Waals surface area contributed by atoms with Gasteiger partial charge in [0.1, 0.15) is 0 Å². The van der Waals surface area contributed by atoms with Crippen LogP contribution in [-0.4, -0.2) is 22.9 Å². The molecule has 1 unspecified atom stereocenters. The first-order valence-electron chi connectivity index (χ1n) is 8.62. The van der Waals surface area contributed by atoms with Gasteiger partial charge in [-0.3, -0.25) is 9.59 Å². The summed E-state index contributed by atoms with van der Waals surface area (Å²) >= 11 is 0. The summed E-state index contributed by atoms with van der Waals surface area (Å²) in [6, 6.07) is 7.56. The molecular weight excluding hydrogens is 344 g/mol. The van der Waals surface area contributed by atoms with E-state index < -0.39 is 5.97 Å². The lowest BCUT2D eigenvalue weighted by Gasteiger charge is -2.12. The lowest BCUT2D eigenvalue weighted by atomic mass is 9.96. The van der Waals surface area contributed by atoms with Gasteiger partial charge in [0.2, 0.25) is 0 Å². The highest BCUT2D eigenvalue weighted by Gasteiger charge is 2.12. The fraction of sp³-hybridized carbons (Fsp3) is 0.250. The molecule has 1 aliphatic rings. The molecule has 0 saturated carbocycles. The number of hydrogen-bond donors (Lipinski definition) is 4. The van der Waals surface area contributed by atoms with Gasteiger partial charge in [0, 0.05) is 12.1 Å². The van der Waals surface area contributed by atoms with E-state index in [0.717, 1.165) is 11.1 Å². The van der Waals surface area contributed by atoms with Crippen molar-refractivity contribution in [1.82, 2.24) is 5.32 Å². The van der Waals surface area contributed by atoms with Crippen LogP contribution < -0.4 is 16.8 Å². The molecule has 0 spiro atoms. The van der Waals surface area contributed by atoms with Crippen molar-refractivity contribution in [3.8, 4) is 0 Å². The summed E-state index contributed by atoms with van der Waals surface area (Å²) in [6.07, 6.45) is 7.71. The fourth-order valence-electron chi connectivity index (χ4n) is 2.70. The normalized spacial score (nSPS) is 14.4. The van der Waals surface area contributed by atoms with E-state index in [1.165, 1.54) is 0 Å². The number of rotatable bonds is 7. The third kappa shape index (κ3) is 6.47.